The van der Waals surface area contributed by atoms with Crippen molar-refractivity contribution in [2.45, 2.75) is 12.8 Å². The molecule has 0 aliphatic rings. The maximum absolute atomic E-state index is 11.6. The number of carboxylic acid groups (broad SMARTS) is 2. The van der Waals surface area contributed by atoms with E-state index in [2.05, 4.69) is 27.9 Å². The van der Waals surface area contributed by atoms with Crippen LogP contribution >= 0.6 is 22.6 Å². The summed E-state index contributed by atoms with van der Waals surface area (Å²) in [6.07, 6.45) is 0.614. The molecule has 0 spiro atoms. The summed E-state index contributed by atoms with van der Waals surface area (Å²) >= 11 is 2.16. The van der Waals surface area contributed by atoms with Crippen molar-refractivity contribution in [3.8, 4) is 11.5 Å². The monoisotopic (exact) mass is 481 g/mol. The number of hydrogen-bond donors (Lipinski definition) is 3. The number of carbonyl (C=O) groups excluding carboxylic acids is 1. The zero-order valence-electron chi connectivity index (χ0n) is 14.0. The zero-order valence-corrected chi connectivity index (χ0v) is 16.2. The fourth-order valence-electron chi connectivity index (χ4n) is 2.04. The Hall–Kier alpha value is -2.88. The molecule has 2 rings (SSSR count). The van der Waals surface area contributed by atoms with Crippen LogP contribution < -0.4 is 10.1 Å². The third-order valence-corrected chi connectivity index (χ3v) is 4.22. The van der Waals surface area contributed by atoms with Gasteiger partial charge in [-0.05, 0) is 58.5 Å². The van der Waals surface area contributed by atoms with Gasteiger partial charge in [0.25, 0.3) is 0 Å². The van der Waals surface area contributed by atoms with E-state index in [9.17, 15) is 19.5 Å². The van der Waals surface area contributed by atoms with Gasteiger partial charge in [0.2, 0.25) is 5.91 Å². The summed E-state index contributed by atoms with van der Waals surface area (Å²) in [7, 11) is 0. The number of rotatable bonds is 8. The van der Waals surface area contributed by atoms with E-state index in [1.54, 1.807) is 24.3 Å². The molecule has 0 fully saturated rings. The lowest BCUT2D eigenvalue weighted by Gasteiger charge is -2.08. The molecule has 0 saturated carbocycles. The van der Waals surface area contributed by atoms with E-state index >= 15 is 0 Å². The lowest BCUT2D eigenvalue weighted by atomic mass is 10.1. The third kappa shape index (κ3) is 6.74. The lowest BCUT2D eigenvalue weighted by Crippen LogP contribution is -2.27. The molecule has 2 aromatic carbocycles. The fraction of sp³-hybridized carbons (Fsp3) is 0.105. The van der Waals surface area contributed by atoms with Crippen LogP contribution in [0.1, 0.15) is 18.4 Å². The molecule has 8 heteroatoms. The molecule has 2 aromatic rings. The van der Waals surface area contributed by atoms with Crippen LogP contribution in [0.2, 0.25) is 0 Å². The van der Waals surface area contributed by atoms with E-state index in [-0.39, 0.29) is 18.5 Å². The predicted octanol–water partition coefficient (Wildman–Crippen LogP) is 3.49. The minimum atomic E-state index is -1.32. The van der Waals surface area contributed by atoms with Gasteiger partial charge in [-0.25, -0.2) is 4.79 Å². The molecule has 0 aliphatic carbocycles. The van der Waals surface area contributed by atoms with E-state index in [1.165, 1.54) is 6.08 Å². The Bertz CT molecular complexity index is 876. The van der Waals surface area contributed by atoms with Gasteiger partial charge in [0.1, 0.15) is 17.2 Å². The standard InChI is InChI=1S/C19H16INO6/c20-14-3-1-2-4-16(14)27-13-7-5-12(6-8-13)11-15(19(25)26)21-17(22)9-10-18(23)24/h1-8,11H,9-10H2,(H,21,22)(H,23,24)(H,25,26)/b15-11-. The lowest BCUT2D eigenvalue weighted by molar-refractivity contribution is -0.138. The molecule has 0 saturated heterocycles. The van der Waals surface area contributed by atoms with E-state index in [0.29, 0.717) is 17.1 Å². The van der Waals surface area contributed by atoms with Crippen LogP contribution in [-0.4, -0.2) is 28.1 Å². The Balaban J connectivity index is 2.08. The van der Waals surface area contributed by atoms with Crippen LogP contribution in [0.15, 0.2) is 54.2 Å². The molecular formula is C19H16INO6. The van der Waals surface area contributed by atoms with Gasteiger partial charge in [-0.1, -0.05) is 24.3 Å². The summed E-state index contributed by atoms with van der Waals surface area (Å²) in [4.78, 5) is 33.4. The third-order valence-electron chi connectivity index (χ3n) is 3.33. The molecule has 0 aliphatic heterocycles. The molecule has 0 atom stereocenters. The number of halogens is 1. The van der Waals surface area contributed by atoms with Gasteiger partial charge in [0.05, 0.1) is 9.99 Å². The molecule has 0 bridgehead atoms. The second kappa shape index (κ2) is 9.72. The first-order valence-corrected chi connectivity index (χ1v) is 8.92. The van der Waals surface area contributed by atoms with E-state index in [4.69, 9.17) is 9.84 Å². The Labute approximate surface area is 168 Å². The van der Waals surface area contributed by atoms with Crippen molar-refractivity contribution in [1.29, 1.82) is 0 Å². The van der Waals surface area contributed by atoms with Crippen molar-refractivity contribution in [3.05, 3.63) is 63.4 Å². The smallest absolute Gasteiger partial charge is 0.352 e. The highest BCUT2D eigenvalue weighted by molar-refractivity contribution is 14.1. The second-order valence-corrected chi connectivity index (χ2v) is 6.57. The van der Waals surface area contributed by atoms with Gasteiger partial charge in [0, 0.05) is 6.42 Å². The molecule has 140 valence electrons. The molecule has 0 unspecified atom stereocenters. The minimum Gasteiger partial charge on any atom is -0.481 e. The molecular weight excluding hydrogens is 465 g/mol. The largest absolute Gasteiger partial charge is 0.481 e. The van der Waals surface area contributed by atoms with Crippen molar-refractivity contribution >= 4 is 46.5 Å². The van der Waals surface area contributed by atoms with Crippen LogP contribution in [0.4, 0.5) is 0 Å². The van der Waals surface area contributed by atoms with E-state index in [0.717, 1.165) is 3.57 Å². The number of aliphatic carboxylic acids is 2. The van der Waals surface area contributed by atoms with Crippen molar-refractivity contribution in [1.82, 2.24) is 5.32 Å². The maximum Gasteiger partial charge on any atom is 0.352 e. The molecule has 27 heavy (non-hydrogen) atoms. The summed E-state index contributed by atoms with van der Waals surface area (Å²) in [5, 5.41) is 20.0. The normalized spacial score (nSPS) is 10.9. The first-order valence-electron chi connectivity index (χ1n) is 7.84. The van der Waals surface area contributed by atoms with Gasteiger partial charge in [-0.2, -0.15) is 0 Å². The summed E-state index contributed by atoms with van der Waals surface area (Å²) in [5.74, 6) is -1.84. The number of benzene rings is 2. The first-order chi connectivity index (χ1) is 12.8. The van der Waals surface area contributed by atoms with Crippen LogP contribution in [-0.2, 0) is 14.4 Å². The van der Waals surface area contributed by atoms with Crippen LogP contribution in [0.3, 0.4) is 0 Å². The predicted molar refractivity (Wildman–Crippen MR) is 106 cm³/mol. The number of ether oxygens (including phenoxy) is 1. The minimum absolute atomic E-state index is 0.303. The molecule has 3 N–H and O–H groups in total. The molecule has 1 amide bonds. The summed E-state index contributed by atoms with van der Waals surface area (Å²) in [6.45, 7) is 0. The zero-order chi connectivity index (χ0) is 19.8. The average molecular weight is 481 g/mol. The number of amides is 1. The van der Waals surface area contributed by atoms with Crippen molar-refractivity contribution in [2.24, 2.45) is 0 Å². The van der Waals surface area contributed by atoms with Gasteiger partial charge in [0.15, 0.2) is 0 Å². The highest BCUT2D eigenvalue weighted by atomic mass is 127. The van der Waals surface area contributed by atoms with Crippen molar-refractivity contribution < 1.29 is 29.3 Å². The Morgan fingerprint density at radius 2 is 1.67 bits per heavy atom. The van der Waals surface area contributed by atoms with E-state index < -0.39 is 17.8 Å². The summed E-state index contributed by atoms with van der Waals surface area (Å²) in [6, 6.07) is 14.2. The van der Waals surface area contributed by atoms with Crippen LogP contribution in [0, 0.1) is 3.57 Å². The SMILES string of the molecule is O=C(O)CCC(=O)N/C(=C\c1ccc(Oc2ccccc2I)cc1)C(=O)O. The Morgan fingerprint density at radius 3 is 2.26 bits per heavy atom. The van der Waals surface area contributed by atoms with Gasteiger partial charge < -0.3 is 20.3 Å². The van der Waals surface area contributed by atoms with Crippen molar-refractivity contribution in [3.63, 3.8) is 0 Å². The number of hydrogen-bond acceptors (Lipinski definition) is 4. The summed E-state index contributed by atoms with van der Waals surface area (Å²) in [5.41, 5.74) is 0.206. The number of nitrogens with one attached hydrogen (secondary N) is 1. The van der Waals surface area contributed by atoms with Crippen LogP contribution in [0.5, 0.6) is 11.5 Å². The molecule has 0 radical (unpaired) electrons. The molecule has 0 aromatic heterocycles. The highest BCUT2D eigenvalue weighted by Crippen LogP contribution is 2.26. The fourth-order valence-corrected chi connectivity index (χ4v) is 2.54. The summed E-state index contributed by atoms with van der Waals surface area (Å²) < 4.78 is 6.72. The average Bonchev–Trinajstić information content (AvgIpc) is 2.62. The first kappa shape index (κ1) is 20.4. The van der Waals surface area contributed by atoms with Crippen LogP contribution in [0.25, 0.3) is 6.08 Å². The molecule has 7 nitrogen and oxygen atoms in total. The highest BCUT2D eigenvalue weighted by Gasteiger charge is 2.13. The number of para-hydroxylation sites is 1. The van der Waals surface area contributed by atoms with E-state index in [1.807, 2.05) is 24.3 Å². The number of carboxylic acids is 2. The maximum atomic E-state index is 11.6. The Kier molecular flexibility index (Phi) is 7.35. The second-order valence-electron chi connectivity index (χ2n) is 5.41. The molecule has 0 heterocycles. The van der Waals surface area contributed by atoms with Gasteiger partial charge in [-0.15, -0.1) is 0 Å². The topological polar surface area (TPSA) is 113 Å². The van der Waals surface area contributed by atoms with Gasteiger partial charge in [-0.3, -0.25) is 9.59 Å². The Morgan fingerprint density at radius 1 is 1.00 bits per heavy atom. The quantitative estimate of drug-likeness (QED) is 0.393. The number of carbonyl (C=O) groups is 3. The van der Waals surface area contributed by atoms with Gasteiger partial charge >= 0.3 is 11.9 Å². The van der Waals surface area contributed by atoms with Crippen molar-refractivity contribution in [2.75, 3.05) is 0 Å².